The van der Waals surface area contributed by atoms with Crippen LogP contribution in [0.1, 0.15) is 22.8 Å². The second-order valence-corrected chi connectivity index (χ2v) is 7.23. The number of esters is 1. The lowest BCUT2D eigenvalue weighted by Gasteiger charge is -2.06. The Bertz CT molecular complexity index is 1280. The average Bonchev–Trinajstić information content (AvgIpc) is 2.88. The maximum atomic E-state index is 12.4. The van der Waals surface area contributed by atoms with E-state index in [4.69, 9.17) is 9.47 Å². The van der Waals surface area contributed by atoms with Gasteiger partial charge in [0.1, 0.15) is 11.5 Å². The van der Waals surface area contributed by atoms with Crippen LogP contribution in [0.2, 0.25) is 0 Å². The van der Waals surface area contributed by atoms with E-state index in [1.165, 1.54) is 0 Å². The van der Waals surface area contributed by atoms with E-state index in [1.807, 2.05) is 73.7 Å². The molecule has 0 aromatic heterocycles. The Kier molecular flexibility index (Phi) is 7.54. The first-order valence-corrected chi connectivity index (χ1v) is 10.9. The minimum atomic E-state index is -0.433. The van der Waals surface area contributed by atoms with Crippen LogP contribution in [-0.2, 0) is 0 Å². The predicted molar refractivity (Wildman–Crippen MR) is 133 cm³/mol. The Morgan fingerprint density at radius 2 is 1.41 bits per heavy atom. The van der Waals surface area contributed by atoms with Gasteiger partial charge in [0.15, 0.2) is 0 Å². The lowest BCUT2D eigenvalue weighted by atomic mass is 10.2. The fraction of sp³-hybridized carbons (Fsp3) is 0.0714. The molecule has 0 radical (unpaired) electrons. The molecule has 168 valence electrons. The van der Waals surface area contributed by atoms with Crippen molar-refractivity contribution in [3.05, 3.63) is 114 Å². The molecule has 6 heteroatoms. The second kappa shape index (κ2) is 11.3. The van der Waals surface area contributed by atoms with E-state index in [0.29, 0.717) is 23.7 Å². The van der Waals surface area contributed by atoms with Crippen molar-refractivity contribution >= 4 is 29.2 Å². The molecule has 0 saturated heterocycles. The zero-order valence-electron chi connectivity index (χ0n) is 18.7. The molecule has 0 saturated carbocycles. The first kappa shape index (κ1) is 22.6. The second-order valence-electron chi connectivity index (χ2n) is 7.23. The predicted octanol–water partition coefficient (Wildman–Crippen LogP) is 7.47. The van der Waals surface area contributed by atoms with Gasteiger partial charge < -0.3 is 9.47 Å². The van der Waals surface area contributed by atoms with Gasteiger partial charge in [0, 0.05) is 6.21 Å². The Morgan fingerprint density at radius 1 is 0.735 bits per heavy atom. The molecule has 0 aliphatic rings. The van der Waals surface area contributed by atoms with Crippen molar-refractivity contribution in [3.63, 3.8) is 0 Å². The van der Waals surface area contributed by atoms with Crippen LogP contribution in [0.4, 0.5) is 17.1 Å². The Morgan fingerprint density at radius 3 is 2.12 bits per heavy atom. The summed E-state index contributed by atoms with van der Waals surface area (Å²) >= 11 is 0. The van der Waals surface area contributed by atoms with Crippen LogP contribution in [0.25, 0.3) is 0 Å². The Hall–Kier alpha value is -4.58. The number of hydrogen-bond donors (Lipinski definition) is 0. The van der Waals surface area contributed by atoms with Gasteiger partial charge in [0.2, 0.25) is 0 Å². The summed E-state index contributed by atoms with van der Waals surface area (Å²) in [5, 5.41) is 8.44. The first-order valence-electron chi connectivity index (χ1n) is 10.9. The zero-order valence-corrected chi connectivity index (χ0v) is 18.7. The monoisotopic (exact) mass is 449 g/mol. The lowest BCUT2D eigenvalue weighted by Crippen LogP contribution is -2.08. The number of nitrogens with zero attached hydrogens (tertiary/aromatic N) is 3. The highest BCUT2D eigenvalue weighted by molar-refractivity contribution is 5.91. The van der Waals surface area contributed by atoms with Crippen LogP contribution in [0, 0.1) is 0 Å². The molecule has 0 fully saturated rings. The van der Waals surface area contributed by atoms with Crippen molar-refractivity contribution in [2.75, 3.05) is 6.61 Å². The summed E-state index contributed by atoms with van der Waals surface area (Å²) in [6.07, 6.45) is 1.72. The molecule has 0 bridgehead atoms. The van der Waals surface area contributed by atoms with E-state index < -0.39 is 5.97 Å². The largest absolute Gasteiger partial charge is 0.494 e. The third-order valence-corrected chi connectivity index (χ3v) is 4.72. The molecule has 0 unspecified atom stereocenters. The zero-order chi connectivity index (χ0) is 23.6. The molecule has 0 atom stereocenters. The third-order valence-electron chi connectivity index (χ3n) is 4.72. The lowest BCUT2D eigenvalue weighted by molar-refractivity contribution is 0.0734. The highest BCUT2D eigenvalue weighted by Gasteiger charge is 2.09. The summed E-state index contributed by atoms with van der Waals surface area (Å²) in [5.41, 5.74) is 3.58. The number of benzene rings is 4. The number of aliphatic imine (C=N–C) groups is 1. The molecule has 4 aromatic carbocycles. The quantitative estimate of drug-likeness (QED) is 0.121. The van der Waals surface area contributed by atoms with E-state index in [1.54, 1.807) is 42.6 Å². The molecule has 6 nitrogen and oxygen atoms in total. The minimum Gasteiger partial charge on any atom is -0.494 e. The van der Waals surface area contributed by atoms with Crippen molar-refractivity contribution in [2.45, 2.75) is 6.92 Å². The van der Waals surface area contributed by atoms with Gasteiger partial charge in [-0.25, -0.2) is 4.79 Å². The topological polar surface area (TPSA) is 72.6 Å². The van der Waals surface area contributed by atoms with Crippen molar-refractivity contribution in [2.24, 2.45) is 15.2 Å². The molecule has 4 rings (SSSR count). The van der Waals surface area contributed by atoms with Gasteiger partial charge in [-0.1, -0.05) is 30.3 Å². The van der Waals surface area contributed by atoms with Crippen molar-refractivity contribution in [1.82, 2.24) is 0 Å². The molecule has 0 spiro atoms. The maximum Gasteiger partial charge on any atom is 0.343 e. The fourth-order valence-electron chi connectivity index (χ4n) is 3.04. The SMILES string of the molecule is CCOc1ccc(C(=O)Oc2cccc(C=Nc3ccc(N=Nc4ccccc4)cc3)c2)cc1. The number of azo groups is 1. The van der Waals surface area contributed by atoms with Crippen molar-refractivity contribution in [3.8, 4) is 11.5 Å². The molecule has 0 heterocycles. The van der Waals surface area contributed by atoms with Crippen molar-refractivity contribution < 1.29 is 14.3 Å². The van der Waals surface area contributed by atoms with Gasteiger partial charge in [0.05, 0.1) is 29.2 Å². The normalized spacial score (nSPS) is 11.1. The molecule has 0 amide bonds. The van der Waals surface area contributed by atoms with Gasteiger partial charge in [0.25, 0.3) is 0 Å². The van der Waals surface area contributed by atoms with Gasteiger partial charge in [-0.15, -0.1) is 0 Å². The van der Waals surface area contributed by atoms with E-state index >= 15 is 0 Å². The molecular weight excluding hydrogens is 426 g/mol. The van der Waals surface area contributed by atoms with E-state index in [9.17, 15) is 4.79 Å². The summed E-state index contributed by atoms with van der Waals surface area (Å²) < 4.78 is 10.9. The van der Waals surface area contributed by atoms with Crippen LogP contribution in [-0.4, -0.2) is 18.8 Å². The van der Waals surface area contributed by atoms with Crippen LogP contribution >= 0.6 is 0 Å². The summed E-state index contributed by atoms with van der Waals surface area (Å²) in [4.78, 5) is 16.9. The summed E-state index contributed by atoms with van der Waals surface area (Å²) in [5.74, 6) is 0.724. The number of rotatable bonds is 8. The third kappa shape index (κ3) is 6.46. The Labute approximate surface area is 198 Å². The van der Waals surface area contributed by atoms with Crippen LogP contribution in [0.5, 0.6) is 11.5 Å². The number of carbonyl (C=O) groups is 1. The highest BCUT2D eigenvalue weighted by Crippen LogP contribution is 2.22. The van der Waals surface area contributed by atoms with Crippen LogP contribution in [0.15, 0.2) is 118 Å². The first-order chi connectivity index (χ1) is 16.7. The van der Waals surface area contributed by atoms with Crippen LogP contribution in [0.3, 0.4) is 0 Å². The van der Waals surface area contributed by atoms with Gasteiger partial charge in [-0.3, -0.25) is 4.99 Å². The van der Waals surface area contributed by atoms with Crippen LogP contribution < -0.4 is 9.47 Å². The number of ether oxygens (including phenoxy) is 2. The summed E-state index contributed by atoms with van der Waals surface area (Å²) in [7, 11) is 0. The van der Waals surface area contributed by atoms with Gasteiger partial charge in [-0.2, -0.15) is 10.2 Å². The number of carbonyl (C=O) groups excluding carboxylic acids is 1. The van der Waals surface area contributed by atoms with Gasteiger partial charge in [-0.05, 0) is 85.3 Å². The van der Waals surface area contributed by atoms with E-state index in [2.05, 4.69) is 15.2 Å². The molecule has 0 N–H and O–H groups in total. The molecule has 4 aromatic rings. The minimum absolute atomic E-state index is 0.433. The number of hydrogen-bond acceptors (Lipinski definition) is 6. The van der Waals surface area contributed by atoms with Gasteiger partial charge >= 0.3 is 5.97 Å². The molecular formula is C28H23N3O3. The fourth-order valence-corrected chi connectivity index (χ4v) is 3.04. The molecule has 0 aliphatic carbocycles. The van der Waals surface area contributed by atoms with E-state index in [0.717, 1.165) is 22.6 Å². The smallest absolute Gasteiger partial charge is 0.343 e. The molecule has 34 heavy (non-hydrogen) atoms. The Balaban J connectivity index is 1.37. The highest BCUT2D eigenvalue weighted by atomic mass is 16.5. The summed E-state index contributed by atoms with van der Waals surface area (Å²) in [6, 6.07) is 31.1. The summed E-state index contributed by atoms with van der Waals surface area (Å²) in [6.45, 7) is 2.48. The molecule has 0 aliphatic heterocycles. The maximum absolute atomic E-state index is 12.4. The van der Waals surface area contributed by atoms with Crippen molar-refractivity contribution in [1.29, 1.82) is 0 Å². The standard InChI is InChI=1S/C28H23N3O3/c1-2-33-26-17-11-22(12-18-26)28(32)34-27-10-6-7-21(19-27)20-29-23-13-15-25(16-14-23)31-30-24-8-4-3-5-9-24/h3-20H,2H2,1H3. The average molecular weight is 450 g/mol. The van der Waals surface area contributed by atoms with E-state index in [-0.39, 0.29) is 0 Å².